The number of nitrogens with one attached hydrogen (secondary N) is 2. The summed E-state index contributed by atoms with van der Waals surface area (Å²) in [6.45, 7) is 7.02. The van der Waals surface area contributed by atoms with Crippen molar-refractivity contribution in [3.8, 4) is 0 Å². The number of H-pyrrole nitrogens is 1. The van der Waals surface area contributed by atoms with E-state index in [4.69, 9.17) is 0 Å². The molecule has 3 heteroatoms. The Morgan fingerprint density at radius 1 is 1.35 bits per heavy atom. The van der Waals surface area contributed by atoms with Gasteiger partial charge in [-0.1, -0.05) is 26.8 Å². The van der Waals surface area contributed by atoms with E-state index in [1.165, 1.54) is 18.4 Å². The molecule has 1 heterocycles. The lowest BCUT2D eigenvalue weighted by atomic mass is 9.86. The standard InChI is InChI=1S/C17H22N2O/c1-17(2,3)11-4-7-15-13(8-11)14(9-19-15)16(20)10-18-12-5-6-12/h4,7-9,12,18-19H,5-6,10H2,1-3H3. The lowest BCUT2D eigenvalue weighted by molar-refractivity contribution is 0.0992. The van der Waals surface area contributed by atoms with E-state index in [0.29, 0.717) is 12.6 Å². The number of fused-ring (bicyclic) bond motifs is 1. The van der Waals surface area contributed by atoms with Gasteiger partial charge >= 0.3 is 0 Å². The molecule has 1 saturated carbocycles. The smallest absolute Gasteiger partial charge is 0.178 e. The van der Waals surface area contributed by atoms with Crippen LogP contribution in [0.4, 0.5) is 0 Å². The van der Waals surface area contributed by atoms with Gasteiger partial charge in [-0.15, -0.1) is 0 Å². The monoisotopic (exact) mass is 270 g/mol. The highest BCUT2D eigenvalue weighted by molar-refractivity contribution is 6.09. The van der Waals surface area contributed by atoms with E-state index in [1.54, 1.807) is 0 Å². The van der Waals surface area contributed by atoms with Gasteiger partial charge in [-0.2, -0.15) is 0 Å². The molecule has 0 spiro atoms. The highest BCUT2D eigenvalue weighted by Gasteiger charge is 2.22. The predicted octanol–water partition coefficient (Wildman–Crippen LogP) is 3.40. The number of hydrogen-bond acceptors (Lipinski definition) is 2. The zero-order chi connectivity index (χ0) is 14.3. The highest BCUT2D eigenvalue weighted by atomic mass is 16.1. The van der Waals surface area contributed by atoms with Crippen molar-refractivity contribution in [2.24, 2.45) is 0 Å². The van der Waals surface area contributed by atoms with Crippen LogP contribution in [0, 0.1) is 0 Å². The van der Waals surface area contributed by atoms with Crippen LogP contribution in [0.3, 0.4) is 0 Å². The second-order valence-corrected chi connectivity index (χ2v) is 6.79. The molecule has 3 rings (SSSR count). The van der Waals surface area contributed by atoms with E-state index in [2.05, 4.69) is 49.3 Å². The summed E-state index contributed by atoms with van der Waals surface area (Å²) >= 11 is 0. The van der Waals surface area contributed by atoms with Crippen molar-refractivity contribution in [3.63, 3.8) is 0 Å². The summed E-state index contributed by atoms with van der Waals surface area (Å²) in [4.78, 5) is 15.5. The molecule has 0 aliphatic heterocycles. The largest absolute Gasteiger partial charge is 0.360 e. The first-order chi connectivity index (χ1) is 9.45. The fourth-order valence-corrected chi connectivity index (χ4v) is 2.44. The quantitative estimate of drug-likeness (QED) is 0.836. The van der Waals surface area contributed by atoms with Crippen molar-refractivity contribution in [2.75, 3.05) is 6.54 Å². The number of carbonyl (C=O) groups is 1. The Labute approximate surface area is 119 Å². The van der Waals surface area contributed by atoms with Gasteiger partial charge in [-0.25, -0.2) is 0 Å². The fourth-order valence-electron chi connectivity index (χ4n) is 2.44. The second-order valence-electron chi connectivity index (χ2n) is 6.79. The molecule has 0 unspecified atom stereocenters. The molecule has 0 amide bonds. The Bertz CT molecular complexity index is 645. The van der Waals surface area contributed by atoms with Crippen LogP contribution in [0.2, 0.25) is 0 Å². The molecule has 1 aromatic heterocycles. The summed E-state index contributed by atoms with van der Waals surface area (Å²) in [5.41, 5.74) is 3.19. The third-order valence-electron chi connectivity index (χ3n) is 3.98. The Hall–Kier alpha value is -1.61. The maximum atomic E-state index is 12.3. The first kappa shape index (κ1) is 13.4. The first-order valence-electron chi connectivity index (χ1n) is 7.33. The number of aromatic nitrogens is 1. The predicted molar refractivity (Wildman–Crippen MR) is 82.4 cm³/mol. The maximum absolute atomic E-state index is 12.3. The lowest BCUT2D eigenvalue weighted by Crippen LogP contribution is -2.24. The number of benzene rings is 1. The van der Waals surface area contributed by atoms with Gasteiger partial charge in [0.25, 0.3) is 0 Å². The summed E-state index contributed by atoms with van der Waals surface area (Å²) < 4.78 is 0. The minimum atomic E-state index is 0.0953. The van der Waals surface area contributed by atoms with Gasteiger partial charge in [0, 0.05) is 28.7 Å². The van der Waals surface area contributed by atoms with Gasteiger partial charge in [-0.05, 0) is 36.0 Å². The van der Waals surface area contributed by atoms with Gasteiger partial charge in [0.1, 0.15) is 0 Å². The molecule has 0 bridgehead atoms. The van der Waals surface area contributed by atoms with Crippen LogP contribution in [-0.2, 0) is 5.41 Å². The van der Waals surface area contributed by atoms with Crippen LogP contribution in [0.5, 0.6) is 0 Å². The molecular formula is C17H22N2O. The molecule has 0 saturated heterocycles. The summed E-state index contributed by atoms with van der Waals surface area (Å²) in [6.07, 6.45) is 4.25. The molecule has 2 aromatic rings. The molecule has 1 aliphatic rings. The lowest BCUT2D eigenvalue weighted by Gasteiger charge is -2.19. The average Bonchev–Trinajstić information content (AvgIpc) is 3.12. The zero-order valence-corrected chi connectivity index (χ0v) is 12.4. The van der Waals surface area contributed by atoms with Crippen LogP contribution in [0.25, 0.3) is 10.9 Å². The zero-order valence-electron chi connectivity index (χ0n) is 12.4. The third kappa shape index (κ3) is 2.63. The van der Waals surface area contributed by atoms with E-state index in [-0.39, 0.29) is 11.2 Å². The molecule has 1 aliphatic carbocycles. The van der Waals surface area contributed by atoms with Crippen molar-refractivity contribution < 1.29 is 4.79 Å². The summed E-state index contributed by atoms with van der Waals surface area (Å²) in [6, 6.07) is 6.92. The molecular weight excluding hydrogens is 248 g/mol. The molecule has 1 aromatic carbocycles. The summed E-state index contributed by atoms with van der Waals surface area (Å²) in [7, 11) is 0. The van der Waals surface area contributed by atoms with Gasteiger partial charge in [0.15, 0.2) is 5.78 Å². The Morgan fingerprint density at radius 3 is 2.75 bits per heavy atom. The molecule has 0 radical (unpaired) electrons. The molecule has 0 atom stereocenters. The van der Waals surface area contributed by atoms with E-state index in [9.17, 15) is 4.79 Å². The van der Waals surface area contributed by atoms with Crippen LogP contribution in [-0.4, -0.2) is 23.4 Å². The van der Waals surface area contributed by atoms with Crippen LogP contribution >= 0.6 is 0 Å². The van der Waals surface area contributed by atoms with Crippen molar-refractivity contribution in [2.45, 2.75) is 45.1 Å². The molecule has 3 nitrogen and oxygen atoms in total. The van der Waals surface area contributed by atoms with E-state index in [0.717, 1.165) is 16.5 Å². The molecule has 106 valence electrons. The number of rotatable bonds is 4. The SMILES string of the molecule is CC(C)(C)c1ccc2[nH]cc(C(=O)CNC3CC3)c2c1. The Kier molecular flexibility index (Phi) is 3.17. The van der Waals surface area contributed by atoms with Crippen LogP contribution in [0.15, 0.2) is 24.4 Å². The van der Waals surface area contributed by atoms with E-state index >= 15 is 0 Å². The maximum Gasteiger partial charge on any atom is 0.178 e. The van der Waals surface area contributed by atoms with Crippen molar-refractivity contribution in [1.29, 1.82) is 0 Å². The Morgan fingerprint density at radius 2 is 2.10 bits per heavy atom. The summed E-state index contributed by atoms with van der Waals surface area (Å²) in [5, 5.41) is 4.33. The van der Waals surface area contributed by atoms with E-state index in [1.807, 2.05) is 6.20 Å². The van der Waals surface area contributed by atoms with Crippen molar-refractivity contribution >= 4 is 16.7 Å². The summed E-state index contributed by atoms with van der Waals surface area (Å²) in [5.74, 6) is 0.175. The number of hydrogen-bond donors (Lipinski definition) is 2. The minimum absolute atomic E-state index is 0.0953. The van der Waals surface area contributed by atoms with Gasteiger partial charge in [0.2, 0.25) is 0 Å². The second kappa shape index (κ2) is 4.74. The number of aromatic amines is 1. The van der Waals surface area contributed by atoms with Gasteiger partial charge in [-0.3, -0.25) is 4.79 Å². The molecule has 20 heavy (non-hydrogen) atoms. The number of Topliss-reactive ketones (excluding diaryl/α,β-unsaturated/α-hetero) is 1. The fraction of sp³-hybridized carbons (Fsp3) is 0.471. The molecule has 1 fully saturated rings. The van der Waals surface area contributed by atoms with Crippen molar-refractivity contribution in [3.05, 3.63) is 35.5 Å². The Balaban J connectivity index is 1.91. The minimum Gasteiger partial charge on any atom is -0.360 e. The highest BCUT2D eigenvalue weighted by Crippen LogP contribution is 2.28. The topological polar surface area (TPSA) is 44.9 Å². The normalized spacial score (nSPS) is 15.8. The first-order valence-corrected chi connectivity index (χ1v) is 7.33. The number of ketones is 1. The van der Waals surface area contributed by atoms with Gasteiger partial charge in [0.05, 0.1) is 6.54 Å². The van der Waals surface area contributed by atoms with Crippen molar-refractivity contribution in [1.82, 2.24) is 10.3 Å². The van der Waals surface area contributed by atoms with Gasteiger partial charge < -0.3 is 10.3 Å². The third-order valence-corrected chi connectivity index (χ3v) is 3.98. The molecule has 2 N–H and O–H groups in total. The average molecular weight is 270 g/mol. The number of carbonyl (C=O) groups excluding carboxylic acids is 1. The van der Waals surface area contributed by atoms with Crippen LogP contribution in [0.1, 0.15) is 49.5 Å². The van der Waals surface area contributed by atoms with Crippen LogP contribution < -0.4 is 5.32 Å². The van der Waals surface area contributed by atoms with E-state index < -0.39 is 0 Å².